The van der Waals surface area contributed by atoms with Gasteiger partial charge < -0.3 is 14.1 Å². The van der Waals surface area contributed by atoms with Crippen LogP contribution in [0.25, 0.3) is 23.5 Å². The number of carbonyl (C=O) groups excluding carboxylic acids is 1. The van der Waals surface area contributed by atoms with E-state index < -0.39 is 27.8 Å². The maximum Gasteiger partial charge on any atom is 0.357 e. The highest BCUT2D eigenvalue weighted by atomic mass is 35.5. The Morgan fingerprint density at radius 1 is 1.21 bits per heavy atom. The fraction of sp³-hybridized carbons (Fsp3) is 0.0556. The lowest BCUT2D eigenvalue weighted by Gasteiger charge is -2.04. The van der Waals surface area contributed by atoms with Gasteiger partial charge in [-0.1, -0.05) is 11.6 Å². The predicted octanol–water partition coefficient (Wildman–Crippen LogP) is 2.84. The van der Waals surface area contributed by atoms with Crippen LogP contribution >= 0.6 is 11.6 Å². The average molecular weight is 418 g/mol. The van der Waals surface area contributed by atoms with Gasteiger partial charge in [-0.2, -0.15) is 0 Å². The standard InChI is InChI=1S/C18H12ClN3O7/c1-28-17(24)11-8-9(2-5-12(11)19)14-7-4-10(29-14)3-6-13-15(22(26)27)16(23)21-18(25)20-13/h2-8H,1H3,(H2,20,21,23,25)/b6-3+. The van der Waals surface area contributed by atoms with E-state index in [0.717, 1.165) is 0 Å². The third kappa shape index (κ3) is 4.17. The summed E-state index contributed by atoms with van der Waals surface area (Å²) in [6.45, 7) is 0. The minimum atomic E-state index is -1.12. The number of aromatic nitrogens is 2. The van der Waals surface area contributed by atoms with Gasteiger partial charge in [0, 0.05) is 5.56 Å². The summed E-state index contributed by atoms with van der Waals surface area (Å²) in [6, 6.07) is 7.83. The number of carbonyl (C=O) groups is 1. The Morgan fingerprint density at radius 3 is 2.66 bits per heavy atom. The molecular weight excluding hydrogens is 406 g/mol. The Labute approximate surface area is 166 Å². The molecule has 0 saturated heterocycles. The summed E-state index contributed by atoms with van der Waals surface area (Å²) in [4.78, 5) is 48.9. The van der Waals surface area contributed by atoms with Gasteiger partial charge in [0.2, 0.25) is 0 Å². The van der Waals surface area contributed by atoms with Crippen molar-refractivity contribution >= 4 is 35.4 Å². The summed E-state index contributed by atoms with van der Waals surface area (Å²) < 4.78 is 10.3. The number of esters is 1. The predicted molar refractivity (Wildman–Crippen MR) is 104 cm³/mol. The highest BCUT2D eigenvalue weighted by molar-refractivity contribution is 6.33. The summed E-state index contributed by atoms with van der Waals surface area (Å²) in [7, 11) is 1.24. The van der Waals surface area contributed by atoms with Crippen molar-refractivity contribution in [3.05, 3.63) is 83.3 Å². The van der Waals surface area contributed by atoms with Gasteiger partial charge in [0.25, 0.3) is 0 Å². The number of furan rings is 1. The van der Waals surface area contributed by atoms with E-state index in [1.807, 2.05) is 0 Å². The molecule has 0 unspecified atom stereocenters. The number of benzene rings is 1. The largest absolute Gasteiger partial charge is 0.465 e. The number of hydrogen-bond donors (Lipinski definition) is 2. The molecule has 0 aliphatic heterocycles. The summed E-state index contributed by atoms with van der Waals surface area (Å²) >= 11 is 5.99. The minimum Gasteiger partial charge on any atom is -0.465 e. The van der Waals surface area contributed by atoms with Crippen molar-refractivity contribution in [2.24, 2.45) is 0 Å². The lowest BCUT2D eigenvalue weighted by Crippen LogP contribution is -2.25. The first-order chi connectivity index (χ1) is 13.8. The Morgan fingerprint density at radius 2 is 1.97 bits per heavy atom. The Balaban J connectivity index is 1.95. The summed E-state index contributed by atoms with van der Waals surface area (Å²) in [5.74, 6) is 0.0689. The molecule has 3 rings (SSSR count). The van der Waals surface area contributed by atoms with Crippen LogP contribution in [0.1, 0.15) is 21.8 Å². The van der Waals surface area contributed by atoms with E-state index in [9.17, 15) is 24.5 Å². The first-order valence-electron chi connectivity index (χ1n) is 7.97. The van der Waals surface area contributed by atoms with Crippen LogP contribution in [0.2, 0.25) is 5.02 Å². The van der Waals surface area contributed by atoms with Gasteiger partial charge in [0.05, 0.1) is 22.6 Å². The molecule has 2 aromatic heterocycles. The van der Waals surface area contributed by atoms with Crippen LogP contribution in [0.3, 0.4) is 0 Å². The van der Waals surface area contributed by atoms with Crippen molar-refractivity contribution in [3.8, 4) is 11.3 Å². The number of H-pyrrole nitrogens is 2. The third-order valence-electron chi connectivity index (χ3n) is 3.83. The molecule has 2 N–H and O–H groups in total. The van der Waals surface area contributed by atoms with Crippen LogP contribution in [0, 0.1) is 10.1 Å². The van der Waals surface area contributed by atoms with Crippen molar-refractivity contribution in [1.29, 1.82) is 0 Å². The van der Waals surface area contributed by atoms with Crippen molar-refractivity contribution in [1.82, 2.24) is 9.97 Å². The molecule has 0 atom stereocenters. The third-order valence-corrected chi connectivity index (χ3v) is 4.15. The first-order valence-corrected chi connectivity index (χ1v) is 8.35. The van der Waals surface area contributed by atoms with Crippen molar-refractivity contribution in [2.75, 3.05) is 7.11 Å². The molecule has 0 radical (unpaired) electrons. The minimum absolute atomic E-state index is 0.164. The zero-order valence-corrected chi connectivity index (χ0v) is 15.5. The molecule has 29 heavy (non-hydrogen) atoms. The molecular formula is C18H12ClN3O7. The van der Waals surface area contributed by atoms with Gasteiger partial charge in [-0.05, 0) is 42.5 Å². The van der Waals surface area contributed by atoms with Gasteiger partial charge in [0.15, 0.2) is 0 Å². The molecule has 10 nitrogen and oxygen atoms in total. The number of nitrogens with zero attached hydrogens (tertiary/aromatic N) is 1. The van der Waals surface area contributed by atoms with E-state index in [0.29, 0.717) is 11.3 Å². The van der Waals surface area contributed by atoms with Crippen molar-refractivity contribution < 1.29 is 18.9 Å². The van der Waals surface area contributed by atoms with Gasteiger partial charge >= 0.3 is 22.9 Å². The molecule has 1 aromatic carbocycles. The molecule has 11 heteroatoms. The van der Waals surface area contributed by atoms with Crippen LogP contribution < -0.4 is 11.2 Å². The quantitative estimate of drug-likeness (QED) is 0.368. The van der Waals surface area contributed by atoms with Crippen LogP contribution in [0.15, 0.2) is 44.3 Å². The van der Waals surface area contributed by atoms with E-state index in [1.165, 1.54) is 31.4 Å². The van der Waals surface area contributed by atoms with Crippen LogP contribution in [0.4, 0.5) is 5.69 Å². The molecule has 0 aliphatic rings. The molecule has 148 valence electrons. The van der Waals surface area contributed by atoms with E-state index >= 15 is 0 Å². The number of nitrogens with one attached hydrogen (secondary N) is 2. The van der Waals surface area contributed by atoms with E-state index in [4.69, 9.17) is 16.0 Å². The smallest absolute Gasteiger partial charge is 0.357 e. The molecule has 0 aliphatic carbocycles. The first kappa shape index (κ1) is 19.8. The maximum atomic E-state index is 11.8. The Kier molecular flexibility index (Phi) is 5.46. The van der Waals surface area contributed by atoms with Crippen molar-refractivity contribution in [2.45, 2.75) is 0 Å². The normalized spacial score (nSPS) is 11.0. The van der Waals surface area contributed by atoms with Gasteiger partial charge in [-0.3, -0.25) is 19.9 Å². The number of ether oxygens (including phenoxy) is 1. The van der Waals surface area contributed by atoms with E-state index in [1.54, 1.807) is 23.2 Å². The number of aromatic amines is 2. The van der Waals surface area contributed by atoms with Gasteiger partial charge in [-0.15, -0.1) is 0 Å². The number of rotatable bonds is 5. The second-order valence-electron chi connectivity index (χ2n) is 5.65. The SMILES string of the molecule is COC(=O)c1cc(-c2ccc(/C=C/c3[nH]c(=O)[nH]c(=O)c3[N+](=O)[O-])o2)ccc1Cl. The lowest BCUT2D eigenvalue weighted by atomic mass is 10.1. The lowest BCUT2D eigenvalue weighted by molar-refractivity contribution is -0.386. The van der Waals surface area contributed by atoms with Gasteiger partial charge in [-0.25, -0.2) is 9.59 Å². The Hall–Kier alpha value is -3.92. The number of nitro groups is 1. The molecule has 2 heterocycles. The molecule has 0 fully saturated rings. The maximum absolute atomic E-state index is 11.8. The van der Waals surface area contributed by atoms with E-state index in [-0.39, 0.29) is 22.0 Å². The zero-order chi connectivity index (χ0) is 21.1. The topological polar surface area (TPSA) is 148 Å². The average Bonchev–Trinajstić information content (AvgIpc) is 3.14. The molecule has 3 aromatic rings. The molecule has 0 spiro atoms. The molecule has 0 bridgehead atoms. The number of hydrogen-bond acceptors (Lipinski definition) is 7. The summed E-state index contributed by atoms with van der Waals surface area (Å²) in [5.41, 5.74) is -2.36. The fourth-order valence-electron chi connectivity index (χ4n) is 2.51. The molecule has 0 amide bonds. The van der Waals surface area contributed by atoms with Crippen LogP contribution in [-0.4, -0.2) is 28.0 Å². The second-order valence-corrected chi connectivity index (χ2v) is 6.06. The Bertz CT molecular complexity index is 1250. The zero-order valence-electron chi connectivity index (χ0n) is 14.7. The van der Waals surface area contributed by atoms with Crippen LogP contribution in [0.5, 0.6) is 0 Å². The second kappa shape index (κ2) is 7.98. The number of halogens is 1. The van der Waals surface area contributed by atoms with Crippen LogP contribution in [-0.2, 0) is 4.74 Å². The number of methoxy groups -OCH3 is 1. The van der Waals surface area contributed by atoms with Crippen molar-refractivity contribution in [3.63, 3.8) is 0 Å². The molecule has 0 saturated carbocycles. The highest BCUT2D eigenvalue weighted by Crippen LogP contribution is 2.28. The summed E-state index contributed by atoms with van der Waals surface area (Å²) in [6.07, 6.45) is 2.53. The monoisotopic (exact) mass is 417 g/mol. The van der Waals surface area contributed by atoms with Gasteiger partial charge in [0.1, 0.15) is 17.2 Å². The van der Waals surface area contributed by atoms with E-state index in [2.05, 4.69) is 9.72 Å². The summed E-state index contributed by atoms with van der Waals surface area (Å²) in [5, 5.41) is 11.3. The highest BCUT2D eigenvalue weighted by Gasteiger charge is 2.19. The fourth-order valence-corrected chi connectivity index (χ4v) is 2.70.